The predicted octanol–water partition coefficient (Wildman–Crippen LogP) is 4.19. The van der Waals surface area contributed by atoms with Crippen LogP contribution in [0.15, 0.2) is 22.0 Å². The molecule has 0 aliphatic carbocycles. The topological polar surface area (TPSA) is 126 Å². The molecule has 4 aromatic rings. The van der Waals surface area contributed by atoms with E-state index in [4.69, 9.17) is 8.83 Å². The van der Waals surface area contributed by atoms with Crippen LogP contribution in [-0.2, 0) is 0 Å². The molecule has 2 N–H and O–H groups in total. The number of rotatable bonds is 6. The van der Waals surface area contributed by atoms with E-state index in [2.05, 4.69) is 43.5 Å². The van der Waals surface area contributed by atoms with E-state index in [1.54, 1.807) is 0 Å². The minimum atomic E-state index is -0.128. The van der Waals surface area contributed by atoms with E-state index in [1.807, 2.05) is 27.7 Å². The van der Waals surface area contributed by atoms with Gasteiger partial charge in [-0.15, -0.1) is 20.4 Å². The molecule has 0 unspecified atom stereocenters. The summed E-state index contributed by atoms with van der Waals surface area (Å²) < 4.78 is 11.1. The molecule has 0 fully saturated rings. The van der Waals surface area contributed by atoms with Crippen molar-refractivity contribution in [3.05, 3.63) is 58.6 Å². The van der Waals surface area contributed by atoms with Gasteiger partial charge < -0.3 is 18.8 Å². The van der Waals surface area contributed by atoms with E-state index in [1.165, 1.54) is 12.2 Å². The van der Waals surface area contributed by atoms with Gasteiger partial charge in [0, 0.05) is 22.5 Å². The summed E-state index contributed by atoms with van der Waals surface area (Å²) in [4.78, 5) is 19.9. The number of aromatic nitrogens is 6. The third-order valence-corrected chi connectivity index (χ3v) is 4.99. The Morgan fingerprint density at radius 1 is 0.767 bits per heavy atom. The lowest BCUT2D eigenvalue weighted by Gasteiger charge is -2.04. The van der Waals surface area contributed by atoms with Crippen molar-refractivity contribution in [3.63, 3.8) is 0 Å². The Balaban J connectivity index is 1.79. The summed E-state index contributed by atoms with van der Waals surface area (Å²) in [5, 5.41) is 15.8. The molecule has 9 heteroatoms. The third-order valence-electron chi connectivity index (χ3n) is 4.99. The molecule has 4 aromatic heterocycles. The number of hydrogen-bond donors (Lipinski definition) is 2. The van der Waals surface area contributed by atoms with Crippen molar-refractivity contribution in [3.8, 4) is 23.2 Å². The molecular formula is C21H20N6O3. The highest BCUT2D eigenvalue weighted by Crippen LogP contribution is 2.33. The number of H-pyrrole nitrogens is 2. The minimum absolute atomic E-state index is 0.128. The second-order valence-electron chi connectivity index (χ2n) is 6.88. The molecule has 0 aromatic carbocycles. The first-order valence-electron chi connectivity index (χ1n) is 9.21. The maximum absolute atomic E-state index is 13.5. The molecule has 0 amide bonds. The van der Waals surface area contributed by atoms with Gasteiger partial charge in [0.25, 0.3) is 11.8 Å². The third kappa shape index (κ3) is 2.91. The van der Waals surface area contributed by atoms with E-state index in [0.29, 0.717) is 57.5 Å². The van der Waals surface area contributed by atoms with Gasteiger partial charge in [0.05, 0.1) is 0 Å². The molecule has 0 aliphatic heterocycles. The molecule has 0 bridgehead atoms. The highest BCUT2D eigenvalue weighted by molar-refractivity contribution is 6.13. The van der Waals surface area contributed by atoms with Crippen LogP contribution in [0, 0.1) is 27.7 Å². The van der Waals surface area contributed by atoms with E-state index in [0.717, 1.165) is 11.1 Å². The fourth-order valence-electron chi connectivity index (χ4n) is 3.57. The molecule has 152 valence electrons. The predicted molar refractivity (Wildman–Crippen MR) is 111 cm³/mol. The van der Waals surface area contributed by atoms with Crippen LogP contribution in [0.4, 0.5) is 0 Å². The number of ketones is 1. The van der Waals surface area contributed by atoms with Gasteiger partial charge in [-0.1, -0.05) is 13.2 Å². The Bertz CT molecular complexity index is 1200. The molecule has 0 radical (unpaired) electrons. The normalized spacial score (nSPS) is 11.1. The second kappa shape index (κ2) is 7.11. The number of nitrogens with one attached hydrogen (secondary N) is 2. The first kappa shape index (κ1) is 19.3. The van der Waals surface area contributed by atoms with Gasteiger partial charge >= 0.3 is 0 Å². The van der Waals surface area contributed by atoms with Crippen LogP contribution in [0.25, 0.3) is 35.3 Å². The summed E-state index contributed by atoms with van der Waals surface area (Å²) in [6.45, 7) is 14.6. The summed E-state index contributed by atoms with van der Waals surface area (Å²) in [6.07, 6.45) is 2.94. The number of nitrogens with zero attached hydrogens (tertiary/aromatic N) is 4. The number of aryl methyl sites for hydroxylation is 2. The van der Waals surface area contributed by atoms with Crippen LogP contribution in [0.2, 0.25) is 0 Å². The van der Waals surface area contributed by atoms with Gasteiger partial charge in [-0.2, -0.15) is 0 Å². The zero-order chi connectivity index (χ0) is 21.6. The Morgan fingerprint density at radius 3 is 1.50 bits per heavy atom. The maximum atomic E-state index is 13.5. The van der Waals surface area contributed by atoms with Crippen molar-refractivity contribution in [1.29, 1.82) is 0 Å². The van der Waals surface area contributed by atoms with E-state index < -0.39 is 0 Å². The van der Waals surface area contributed by atoms with E-state index in [-0.39, 0.29) is 5.78 Å². The first-order chi connectivity index (χ1) is 14.3. The lowest BCUT2D eigenvalue weighted by molar-refractivity contribution is 0.103. The van der Waals surface area contributed by atoms with Crippen molar-refractivity contribution in [2.45, 2.75) is 27.7 Å². The minimum Gasteiger partial charge on any atom is -0.415 e. The van der Waals surface area contributed by atoms with E-state index in [9.17, 15) is 4.79 Å². The van der Waals surface area contributed by atoms with Crippen molar-refractivity contribution < 1.29 is 13.6 Å². The molecule has 0 atom stereocenters. The lowest BCUT2D eigenvalue weighted by Crippen LogP contribution is -2.06. The average molecular weight is 404 g/mol. The summed E-state index contributed by atoms with van der Waals surface area (Å²) in [5.41, 5.74) is 5.19. The molecule has 4 heterocycles. The van der Waals surface area contributed by atoms with Crippen LogP contribution in [-0.4, -0.2) is 36.1 Å². The van der Waals surface area contributed by atoms with Crippen molar-refractivity contribution >= 4 is 17.9 Å². The first-order valence-corrected chi connectivity index (χ1v) is 9.21. The molecule has 9 nitrogen and oxygen atoms in total. The van der Waals surface area contributed by atoms with Gasteiger partial charge in [-0.05, 0) is 51.0 Å². The van der Waals surface area contributed by atoms with Crippen LogP contribution in [0.1, 0.15) is 50.2 Å². The van der Waals surface area contributed by atoms with Crippen LogP contribution in [0.5, 0.6) is 0 Å². The monoisotopic (exact) mass is 404 g/mol. The summed E-state index contributed by atoms with van der Waals surface area (Å²) in [6, 6.07) is 0. The summed E-state index contributed by atoms with van der Waals surface area (Å²) in [5.74, 6) is 1.10. The smallest absolute Gasteiger partial charge is 0.264 e. The van der Waals surface area contributed by atoms with Crippen molar-refractivity contribution in [1.82, 2.24) is 30.4 Å². The fraction of sp³-hybridized carbons (Fsp3) is 0.190. The quantitative estimate of drug-likeness (QED) is 0.461. The van der Waals surface area contributed by atoms with E-state index >= 15 is 0 Å². The van der Waals surface area contributed by atoms with Gasteiger partial charge in [-0.3, -0.25) is 4.79 Å². The Hall–Kier alpha value is -4.01. The Kier molecular flexibility index (Phi) is 4.57. The number of carbonyl (C=O) groups is 1. The average Bonchev–Trinajstić information content (AvgIpc) is 3.48. The van der Waals surface area contributed by atoms with Gasteiger partial charge in [0.2, 0.25) is 11.8 Å². The van der Waals surface area contributed by atoms with Crippen molar-refractivity contribution in [2.75, 3.05) is 0 Å². The Labute approximate surface area is 171 Å². The lowest BCUT2D eigenvalue weighted by atomic mass is 9.96. The summed E-state index contributed by atoms with van der Waals surface area (Å²) in [7, 11) is 0. The molecule has 0 aliphatic rings. The van der Waals surface area contributed by atoms with Gasteiger partial charge in [0.1, 0.15) is 11.4 Å². The number of carbonyl (C=O) groups excluding carboxylic acids is 1. The summed E-state index contributed by atoms with van der Waals surface area (Å²) >= 11 is 0. The number of aromatic amines is 2. The fourth-order valence-corrected chi connectivity index (χ4v) is 3.57. The highest BCUT2D eigenvalue weighted by atomic mass is 16.4. The number of hydrogen-bond acceptors (Lipinski definition) is 7. The van der Waals surface area contributed by atoms with Crippen LogP contribution in [0.3, 0.4) is 0 Å². The zero-order valence-corrected chi connectivity index (χ0v) is 17.1. The molecule has 4 rings (SSSR count). The highest BCUT2D eigenvalue weighted by Gasteiger charge is 2.28. The van der Waals surface area contributed by atoms with Crippen LogP contribution < -0.4 is 0 Å². The molecule has 0 saturated carbocycles. The second-order valence-corrected chi connectivity index (χ2v) is 6.88. The molecule has 0 saturated heterocycles. The van der Waals surface area contributed by atoms with Crippen LogP contribution >= 0.6 is 0 Å². The molecular weight excluding hydrogens is 384 g/mol. The maximum Gasteiger partial charge on any atom is 0.264 e. The Morgan fingerprint density at radius 2 is 1.17 bits per heavy atom. The largest absolute Gasteiger partial charge is 0.415 e. The molecule has 30 heavy (non-hydrogen) atoms. The molecule has 0 spiro atoms. The van der Waals surface area contributed by atoms with Crippen molar-refractivity contribution in [2.24, 2.45) is 0 Å². The van der Waals surface area contributed by atoms with Gasteiger partial charge in [0.15, 0.2) is 5.78 Å². The SMILES string of the molecule is C=Cc1nnc(-c2[nH]c(C)c(C(=O)c3c(C)[nH]c(-c4nnc(C=C)o4)c3C)c2C)o1. The zero-order valence-electron chi connectivity index (χ0n) is 17.1. The van der Waals surface area contributed by atoms with Gasteiger partial charge in [-0.25, -0.2) is 0 Å². The standard InChI is InChI=1S/C21H20N6O3/c1-7-13-24-26-20(29-13)17-9(3)15(11(5)22-17)19(28)16-10(4)18(23-12(16)6)21-27-25-14(8-2)30-21/h7-8,22-23H,1-2H2,3-6H3.